The molecule has 4 rings (SSSR count). The second-order valence-electron chi connectivity index (χ2n) is 6.33. The van der Waals surface area contributed by atoms with Crippen LogP contribution in [0.2, 0.25) is 0 Å². The highest BCUT2D eigenvalue weighted by Gasteiger charge is 2.43. The Hall–Kier alpha value is -3.02. The Morgan fingerprint density at radius 2 is 1.50 bits per heavy atom. The number of amides is 2. The van der Waals surface area contributed by atoms with Gasteiger partial charge in [-0.15, -0.1) is 0 Å². The molecule has 2 heterocycles. The summed E-state index contributed by atoms with van der Waals surface area (Å²) >= 11 is 0. The van der Waals surface area contributed by atoms with Crippen molar-refractivity contribution in [3.8, 4) is 0 Å². The van der Waals surface area contributed by atoms with E-state index in [2.05, 4.69) is 0 Å². The number of likely N-dealkylation sites (tertiary alicyclic amines) is 1. The molecule has 0 N–H and O–H groups in total. The van der Waals surface area contributed by atoms with Crippen molar-refractivity contribution in [2.24, 2.45) is 0 Å². The molecule has 0 unspecified atom stereocenters. The van der Waals surface area contributed by atoms with E-state index in [0.29, 0.717) is 29.9 Å². The van der Waals surface area contributed by atoms with Gasteiger partial charge >= 0.3 is 0 Å². The van der Waals surface area contributed by atoms with Gasteiger partial charge < -0.3 is 4.90 Å². The Labute approximate surface area is 149 Å². The fourth-order valence-electron chi connectivity index (χ4n) is 3.48. The molecule has 1 fully saturated rings. The zero-order valence-corrected chi connectivity index (χ0v) is 13.9. The van der Waals surface area contributed by atoms with Crippen LogP contribution in [-0.4, -0.2) is 29.8 Å². The van der Waals surface area contributed by atoms with Gasteiger partial charge in [0.15, 0.2) is 11.6 Å². The summed E-state index contributed by atoms with van der Waals surface area (Å²) in [6.07, 6.45) is 1.89. The van der Waals surface area contributed by atoms with Crippen LogP contribution in [0.5, 0.6) is 0 Å². The summed E-state index contributed by atoms with van der Waals surface area (Å²) in [7, 11) is 0. The fourth-order valence-corrected chi connectivity index (χ4v) is 3.48. The summed E-state index contributed by atoms with van der Waals surface area (Å²) in [5, 5.41) is 0. The van der Waals surface area contributed by atoms with Crippen molar-refractivity contribution in [1.82, 2.24) is 4.90 Å². The maximum atomic E-state index is 13.7. The van der Waals surface area contributed by atoms with Crippen LogP contribution < -0.4 is 4.90 Å². The minimum Gasteiger partial charge on any atom is -0.366 e. The van der Waals surface area contributed by atoms with Gasteiger partial charge in [0.2, 0.25) is 0 Å². The first-order valence-corrected chi connectivity index (χ1v) is 8.46. The quantitative estimate of drug-likeness (QED) is 0.794. The van der Waals surface area contributed by atoms with Crippen molar-refractivity contribution in [3.05, 3.63) is 71.4 Å². The highest BCUT2D eigenvalue weighted by Crippen LogP contribution is 2.36. The average Bonchev–Trinajstić information content (AvgIpc) is 3.25. The number of benzene rings is 2. The summed E-state index contributed by atoms with van der Waals surface area (Å²) in [6.45, 7) is 1.38. The molecular weight excluding hydrogens is 338 g/mol. The number of rotatable bonds is 3. The van der Waals surface area contributed by atoms with Gasteiger partial charge in [0, 0.05) is 19.2 Å². The molecule has 2 amide bonds. The number of carbonyl (C=O) groups is 2. The van der Waals surface area contributed by atoms with Crippen molar-refractivity contribution in [1.29, 1.82) is 0 Å². The summed E-state index contributed by atoms with van der Waals surface area (Å²) in [5.74, 6) is -3.14. The molecule has 6 heteroatoms. The Bertz CT molecular complexity index is 919. The van der Waals surface area contributed by atoms with E-state index < -0.39 is 23.4 Å². The average molecular weight is 354 g/mol. The van der Waals surface area contributed by atoms with Crippen molar-refractivity contribution >= 4 is 23.1 Å². The Balaban J connectivity index is 1.83. The largest absolute Gasteiger partial charge is 0.366 e. The number of halogens is 2. The molecule has 2 aliphatic heterocycles. The smallest absolute Gasteiger partial charge is 0.282 e. The molecule has 4 nitrogen and oxygen atoms in total. The first-order chi connectivity index (χ1) is 12.6. The second-order valence-corrected chi connectivity index (χ2v) is 6.33. The standard InChI is InChI=1S/C20H16F2N2O2/c21-15-9-8-14(12-16(15)22)24-19(25)17(13-6-2-1-3-7-13)18(20(24)26)23-10-4-5-11-23/h1-3,6-9,12H,4-5,10-11H2. The van der Waals surface area contributed by atoms with E-state index in [1.807, 2.05) is 11.0 Å². The minimum atomic E-state index is -1.10. The lowest BCUT2D eigenvalue weighted by Crippen LogP contribution is -2.34. The van der Waals surface area contributed by atoms with Gasteiger partial charge in [-0.05, 0) is 30.5 Å². The number of imide groups is 1. The highest BCUT2D eigenvalue weighted by molar-refractivity contribution is 6.45. The van der Waals surface area contributed by atoms with Gasteiger partial charge in [0.05, 0.1) is 11.3 Å². The topological polar surface area (TPSA) is 40.6 Å². The molecule has 0 saturated carbocycles. The van der Waals surface area contributed by atoms with E-state index >= 15 is 0 Å². The van der Waals surface area contributed by atoms with Crippen LogP contribution >= 0.6 is 0 Å². The van der Waals surface area contributed by atoms with Crippen LogP contribution in [0.1, 0.15) is 18.4 Å². The molecule has 0 radical (unpaired) electrons. The van der Waals surface area contributed by atoms with Gasteiger partial charge in [0.1, 0.15) is 5.70 Å². The predicted molar refractivity (Wildman–Crippen MR) is 93.0 cm³/mol. The van der Waals surface area contributed by atoms with E-state index in [0.717, 1.165) is 29.9 Å². The predicted octanol–water partition coefficient (Wildman–Crippen LogP) is 3.35. The highest BCUT2D eigenvalue weighted by atomic mass is 19.2. The summed E-state index contributed by atoms with van der Waals surface area (Å²) in [4.78, 5) is 29.0. The molecule has 0 spiro atoms. The van der Waals surface area contributed by atoms with Gasteiger partial charge in [-0.2, -0.15) is 0 Å². The van der Waals surface area contributed by atoms with Crippen molar-refractivity contribution in [3.63, 3.8) is 0 Å². The lowest BCUT2D eigenvalue weighted by atomic mass is 10.0. The normalized spacial score (nSPS) is 17.6. The first kappa shape index (κ1) is 16.4. The molecule has 2 aliphatic rings. The van der Waals surface area contributed by atoms with Crippen molar-refractivity contribution in [2.45, 2.75) is 12.8 Å². The van der Waals surface area contributed by atoms with Crippen LogP contribution in [0, 0.1) is 11.6 Å². The van der Waals surface area contributed by atoms with Gasteiger partial charge in [0.25, 0.3) is 11.8 Å². The van der Waals surface area contributed by atoms with Crippen LogP contribution in [-0.2, 0) is 9.59 Å². The summed E-state index contributed by atoms with van der Waals surface area (Å²) in [5.41, 5.74) is 1.31. The number of carbonyl (C=O) groups excluding carboxylic acids is 2. The number of nitrogens with zero attached hydrogens (tertiary/aromatic N) is 2. The molecule has 0 bridgehead atoms. The van der Waals surface area contributed by atoms with E-state index in [9.17, 15) is 18.4 Å². The Morgan fingerprint density at radius 1 is 0.808 bits per heavy atom. The van der Waals surface area contributed by atoms with Crippen LogP contribution in [0.25, 0.3) is 5.57 Å². The second kappa shape index (κ2) is 6.37. The monoisotopic (exact) mass is 354 g/mol. The molecular formula is C20H16F2N2O2. The van der Waals surface area contributed by atoms with E-state index in [4.69, 9.17) is 0 Å². The van der Waals surface area contributed by atoms with E-state index in [1.54, 1.807) is 24.3 Å². The summed E-state index contributed by atoms with van der Waals surface area (Å²) < 4.78 is 26.9. The molecule has 0 atom stereocenters. The van der Waals surface area contributed by atoms with Gasteiger partial charge in [-0.3, -0.25) is 9.59 Å². The van der Waals surface area contributed by atoms with Gasteiger partial charge in [-0.1, -0.05) is 30.3 Å². The van der Waals surface area contributed by atoms with Crippen LogP contribution in [0.4, 0.5) is 14.5 Å². The minimum absolute atomic E-state index is 0.0292. The Morgan fingerprint density at radius 3 is 2.15 bits per heavy atom. The maximum absolute atomic E-state index is 13.7. The summed E-state index contributed by atoms with van der Waals surface area (Å²) in [6, 6.07) is 12.0. The lowest BCUT2D eigenvalue weighted by Gasteiger charge is -2.20. The zero-order valence-electron chi connectivity index (χ0n) is 13.9. The molecule has 0 aliphatic carbocycles. The SMILES string of the molecule is O=C1C(c2ccccc2)=C(N2CCCC2)C(=O)N1c1ccc(F)c(F)c1. The van der Waals surface area contributed by atoms with Crippen LogP contribution in [0.15, 0.2) is 54.2 Å². The van der Waals surface area contributed by atoms with E-state index in [-0.39, 0.29) is 5.69 Å². The molecule has 0 aromatic heterocycles. The maximum Gasteiger partial charge on any atom is 0.282 e. The Kier molecular flexibility index (Phi) is 4.03. The number of anilines is 1. The number of hydrogen-bond donors (Lipinski definition) is 0. The molecule has 26 heavy (non-hydrogen) atoms. The zero-order chi connectivity index (χ0) is 18.3. The van der Waals surface area contributed by atoms with Crippen molar-refractivity contribution < 1.29 is 18.4 Å². The van der Waals surface area contributed by atoms with Crippen LogP contribution in [0.3, 0.4) is 0 Å². The van der Waals surface area contributed by atoms with Crippen molar-refractivity contribution in [2.75, 3.05) is 18.0 Å². The molecule has 2 aromatic carbocycles. The molecule has 2 aromatic rings. The van der Waals surface area contributed by atoms with Gasteiger partial charge in [-0.25, -0.2) is 13.7 Å². The third-order valence-electron chi connectivity index (χ3n) is 4.71. The third kappa shape index (κ3) is 2.58. The molecule has 132 valence electrons. The third-order valence-corrected chi connectivity index (χ3v) is 4.71. The first-order valence-electron chi connectivity index (χ1n) is 8.46. The van der Waals surface area contributed by atoms with E-state index in [1.165, 1.54) is 6.07 Å². The lowest BCUT2D eigenvalue weighted by molar-refractivity contribution is -0.120. The fraction of sp³-hybridized carbons (Fsp3) is 0.200. The molecule has 1 saturated heterocycles. The number of hydrogen-bond acceptors (Lipinski definition) is 3.